The number of amides is 2. The van der Waals surface area contributed by atoms with E-state index in [9.17, 15) is 19.2 Å². The molecule has 0 fully saturated rings. The summed E-state index contributed by atoms with van der Waals surface area (Å²) in [5, 5.41) is 22.3. The van der Waals surface area contributed by atoms with Crippen LogP contribution in [0.5, 0.6) is 0 Å². The summed E-state index contributed by atoms with van der Waals surface area (Å²) in [6, 6.07) is 7.29. The first-order chi connectivity index (χ1) is 11.3. The predicted molar refractivity (Wildman–Crippen MR) is 84.7 cm³/mol. The van der Waals surface area contributed by atoms with Crippen LogP contribution >= 0.6 is 0 Å². The van der Waals surface area contributed by atoms with Crippen molar-refractivity contribution in [3.05, 3.63) is 41.6 Å². The molecule has 0 radical (unpaired) electrons. The van der Waals surface area contributed by atoms with Crippen molar-refractivity contribution >= 4 is 29.8 Å². The van der Waals surface area contributed by atoms with Gasteiger partial charge in [-0.05, 0) is 18.1 Å². The van der Waals surface area contributed by atoms with Crippen LogP contribution in [0.3, 0.4) is 0 Å². The highest BCUT2D eigenvalue weighted by atomic mass is 16.4. The summed E-state index contributed by atoms with van der Waals surface area (Å²) in [5.41, 5.74) is 0.504. The number of hydrogen-bond acceptors (Lipinski definition) is 4. The number of nitrogens with one attached hydrogen (secondary N) is 2. The van der Waals surface area contributed by atoms with E-state index in [1.165, 1.54) is 13.0 Å². The minimum atomic E-state index is -1.37. The molecule has 0 aliphatic heterocycles. The van der Waals surface area contributed by atoms with Gasteiger partial charge in [-0.1, -0.05) is 30.3 Å². The van der Waals surface area contributed by atoms with E-state index in [4.69, 9.17) is 10.2 Å². The van der Waals surface area contributed by atoms with Gasteiger partial charge in [-0.15, -0.1) is 0 Å². The van der Waals surface area contributed by atoms with Crippen molar-refractivity contribution in [2.24, 2.45) is 0 Å². The first-order valence-corrected chi connectivity index (χ1v) is 7.09. The lowest BCUT2D eigenvalue weighted by atomic mass is 10.1. The standard InChI is InChI=1S/C16H18N2O6/c1-10(19)17-13(9-11-5-3-2-4-6-11)15(22)18-12(16(23)24)7-8-14(20)21/h2-6,9,12H,7-8H2,1H3,(H,17,19)(H,18,22)(H,20,21)(H,23,24)/b13-9+/t12-/m1/s1. The second kappa shape index (κ2) is 9.09. The minimum Gasteiger partial charge on any atom is -0.481 e. The second-order valence-electron chi connectivity index (χ2n) is 4.95. The second-order valence-corrected chi connectivity index (χ2v) is 4.95. The van der Waals surface area contributed by atoms with Crippen molar-refractivity contribution in [3.63, 3.8) is 0 Å². The summed E-state index contributed by atoms with van der Waals surface area (Å²) in [5.74, 6) is -3.83. The molecule has 24 heavy (non-hydrogen) atoms. The van der Waals surface area contributed by atoms with Crippen LogP contribution in [0.1, 0.15) is 25.3 Å². The SMILES string of the molecule is CC(=O)N/C(=C/c1ccccc1)C(=O)N[C@H](CCC(=O)O)C(=O)O. The molecule has 0 aliphatic carbocycles. The maximum absolute atomic E-state index is 12.2. The summed E-state index contributed by atoms with van der Waals surface area (Å²) >= 11 is 0. The largest absolute Gasteiger partial charge is 0.481 e. The third-order valence-corrected chi connectivity index (χ3v) is 2.92. The molecule has 0 spiro atoms. The first kappa shape index (κ1) is 18.9. The lowest BCUT2D eigenvalue weighted by molar-refractivity contribution is -0.142. The minimum absolute atomic E-state index is 0.129. The Morgan fingerprint density at radius 2 is 1.75 bits per heavy atom. The van der Waals surface area contributed by atoms with Crippen molar-refractivity contribution < 1.29 is 29.4 Å². The molecular weight excluding hydrogens is 316 g/mol. The zero-order valence-electron chi connectivity index (χ0n) is 13.0. The van der Waals surface area contributed by atoms with Gasteiger partial charge in [-0.3, -0.25) is 14.4 Å². The van der Waals surface area contributed by atoms with Gasteiger partial charge in [0.25, 0.3) is 5.91 Å². The Balaban J connectivity index is 2.94. The van der Waals surface area contributed by atoms with Gasteiger partial charge in [-0.25, -0.2) is 4.79 Å². The molecule has 0 heterocycles. The molecule has 8 heteroatoms. The molecule has 0 saturated heterocycles. The lowest BCUT2D eigenvalue weighted by Gasteiger charge is -2.15. The molecule has 0 saturated carbocycles. The monoisotopic (exact) mass is 334 g/mol. The van der Waals surface area contributed by atoms with Crippen LogP contribution in [0, 0.1) is 0 Å². The highest BCUT2D eigenvalue weighted by Crippen LogP contribution is 2.06. The predicted octanol–water partition coefficient (Wildman–Crippen LogP) is 0.598. The van der Waals surface area contributed by atoms with E-state index in [1.807, 2.05) is 0 Å². The van der Waals surface area contributed by atoms with Gasteiger partial charge in [0.2, 0.25) is 5.91 Å². The number of carbonyl (C=O) groups is 4. The van der Waals surface area contributed by atoms with Crippen LogP contribution in [0.2, 0.25) is 0 Å². The highest BCUT2D eigenvalue weighted by molar-refractivity contribution is 6.02. The smallest absolute Gasteiger partial charge is 0.326 e. The molecule has 1 aromatic carbocycles. The van der Waals surface area contributed by atoms with Crippen molar-refractivity contribution in [2.45, 2.75) is 25.8 Å². The van der Waals surface area contributed by atoms with E-state index >= 15 is 0 Å². The van der Waals surface area contributed by atoms with E-state index in [0.717, 1.165) is 0 Å². The number of carboxylic acids is 2. The maximum atomic E-state index is 12.2. The average molecular weight is 334 g/mol. The molecule has 4 N–H and O–H groups in total. The van der Waals surface area contributed by atoms with Crippen LogP contribution in [-0.2, 0) is 19.2 Å². The summed E-state index contributed by atoms with van der Waals surface area (Å²) in [6.45, 7) is 1.21. The molecule has 1 rings (SSSR count). The van der Waals surface area contributed by atoms with E-state index in [0.29, 0.717) is 5.56 Å². The van der Waals surface area contributed by atoms with Gasteiger partial charge < -0.3 is 20.8 Å². The molecule has 0 unspecified atom stereocenters. The molecule has 8 nitrogen and oxygen atoms in total. The van der Waals surface area contributed by atoms with Gasteiger partial charge in [0.1, 0.15) is 11.7 Å². The number of rotatable bonds is 8. The Bertz CT molecular complexity index is 654. The highest BCUT2D eigenvalue weighted by Gasteiger charge is 2.23. The van der Waals surface area contributed by atoms with Gasteiger partial charge in [-0.2, -0.15) is 0 Å². The zero-order valence-corrected chi connectivity index (χ0v) is 13.0. The first-order valence-electron chi connectivity index (χ1n) is 7.09. The Hall–Kier alpha value is -3.16. The fourth-order valence-corrected chi connectivity index (χ4v) is 1.83. The van der Waals surface area contributed by atoms with Gasteiger partial charge in [0.15, 0.2) is 0 Å². The molecule has 0 aliphatic rings. The Morgan fingerprint density at radius 3 is 2.25 bits per heavy atom. The van der Waals surface area contributed by atoms with Crippen LogP contribution in [-0.4, -0.2) is 40.0 Å². The maximum Gasteiger partial charge on any atom is 0.326 e. The van der Waals surface area contributed by atoms with E-state index < -0.39 is 36.2 Å². The van der Waals surface area contributed by atoms with E-state index in [1.54, 1.807) is 30.3 Å². The van der Waals surface area contributed by atoms with Crippen LogP contribution in [0.4, 0.5) is 0 Å². The van der Waals surface area contributed by atoms with Crippen molar-refractivity contribution in [3.8, 4) is 0 Å². The fourth-order valence-electron chi connectivity index (χ4n) is 1.83. The number of carbonyl (C=O) groups excluding carboxylic acids is 2. The summed E-state index contributed by atoms with van der Waals surface area (Å²) < 4.78 is 0. The molecule has 128 valence electrons. The van der Waals surface area contributed by atoms with Gasteiger partial charge >= 0.3 is 11.9 Å². The van der Waals surface area contributed by atoms with Gasteiger partial charge in [0.05, 0.1) is 0 Å². The van der Waals surface area contributed by atoms with E-state index in [2.05, 4.69) is 10.6 Å². The number of hydrogen-bond donors (Lipinski definition) is 4. The molecule has 1 aromatic rings. The Morgan fingerprint density at radius 1 is 1.12 bits per heavy atom. The van der Waals surface area contributed by atoms with Crippen molar-refractivity contribution in [2.75, 3.05) is 0 Å². The van der Waals surface area contributed by atoms with Crippen LogP contribution < -0.4 is 10.6 Å². The number of aliphatic carboxylic acids is 2. The average Bonchev–Trinajstić information content (AvgIpc) is 2.50. The Kier molecular flexibility index (Phi) is 7.15. The topological polar surface area (TPSA) is 133 Å². The fraction of sp³-hybridized carbons (Fsp3) is 0.250. The Labute approximate surface area is 138 Å². The van der Waals surface area contributed by atoms with Crippen molar-refractivity contribution in [1.82, 2.24) is 10.6 Å². The lowest BCUT2D eigenvalue weighted by Crippen LogP contribution is -2.44. The normalized spacial score (nSPS) is 12.1. The summed E-state index contributed by atoms with van der Waals surface area (Å²) in [7, 11) is 0. The summed E-state index contributed by atoms with van der Waals surface area (Å²) in [4.78, 5) is 45.2. The number of carboxylic acid groups (broad SMARTS) is 2. The summed E-state index contributed by atoms with van der Waals surface area (Å²) in [6.07, 6.45) is 0.719. The third-order valence-electron chi connectivity index (χ3n) is 2.92. The molecule has 1 atom stereocenters. The van der Waals surface area contributed by atoms with Crippen LogP contribution in [0.25, 0.3) is 6.08 Å². The molecule has 0 aromatic heterocycles. The zero-order chi connectivity index (χ0) is 18.1. The third kappa shape index (κ3) is 6.73. The van der Waals surface area contributed by atoms with Crippen molar-refractivity contribution in [1.29, 1.82) is 0 Å². The molecule has 0 bridgehead atoms. The molecule has 2 amide bonds. The van der Waals surface area contributed by atoms with Crippen LogP contribution in [0.15, 0.2) is 36.0 Å². The number of benzene rings is 1. The van der Waals surface area contributed by atoms with E-state index in [-0.39, 0.29) is 12.1 Å². The quantitative estimate of drug-likeness (QED) is 0.515. The molecular formula is C16H18N2O6. The van der Waals surface area contributed by atoms with Gasteiger partial charge in [0, 0.05) is 13.3 Å².